The number of hydrogen-bond donors (Lipinski definition) is 1. The number of nitrogens with one attached hydrogen (secondary N) is 1. The van der Waals surface area contributed by atoms with E-state index in [9.17, 15) is 0 Å². The minimum Gasteiger partial charge on any atom is -0.313 e. The average molecular weight is 324 g/mol. The largest absolute Gasteiger partial charge is 0.313 e. The quantitative estimate of drug-likeness (QED) is 0.764. The van der Waals surface area contributed by atoms with E-state index in [4.69, 9.17) is 0 Å². The van der Waals surface area contributed by atoms with Crippen molar-refractivity contribution in [3.63, 3.8) is 0 Å². The first-order chi connectivity index (χ1) is 8.72. The molecule has 3 heteroatoms. The molecule has 0 aliphatic carbocycles. The second-order valence-electron chi connectivity index (χ2n) is 4.38. The van der Waals surface area contributed by atoms with E-state index in [0.717, 1.165) is 17.6 Å². The van der Waals surface area contributed by atoms with E-state index >= 15 is 0 Å². The fourth-order valence-corrected chi connectivity index (χ4v) is 3.19. The highest BCUT2D eigenvalue weighted by Crippen LogP contribution is 2.32. The summed E-state index contributed by atoms with van der Waals surface area (Å²) in [6.45, 7) is 6.44. The molecule has 0 spiro atoms. The molecule has 18 heavy (non-hydrogen) atoms. The SMILES string of the molecule is CCCNCc1csc(C)c1-c1ccc(Br)cc1. The Morgan fingerprint density at radius 1 is 1.22 bits per heavy atom. The molecule has 96 valence electrons. The highest BCUT2D eigenvalue weighted by atomic mass is 79.9. The normalized spacial score (nSPS) is 10.8. The number of thiophene rings is 1. The van der Waals surface area contributed by atoms with Crippen LogP contribution in [0.25, 0.3) is 11.1 Å². The first kappa shape index (κ1) is 13.8. The predicted molar refractivity (Wildman–Crippen MR) is 84.2 cm³/mol. The molecule has 0 saturated heterocycles. The maximum atomic E-state index is 3.49. The lowest BCUT2D eigenvalue weighted by molar-refractivity contribution is 0.677. The predicted octanol–water partition coefficient (Wildman–Crippen LogP) is 4.99. The fourth-order valence-electron chi connectivity index (χ4n) is 2.04. The average Bonchev–Trinajstić information content (AvgIpc) is 2.72. The Kier molecular flexibility index (Phi) is 4.98. The maximum Gasteiger partial charge on any atom is 0.0220 e. The molecule has 0 saturated carbocycles. The van der Waals surface area contributed by atoms with Crippen LogP contribution in [0.2, 0.25) is 0 Å². The molecule has 0 aliphatic rings. The zero-order valence-corrected chi connectivity index (χ0v) is 13.2. The fraction of sp³-hybridized carbons (Fsp3) is 0.333. The zero-order valence-electron chi connectivity index (χ0n) is 10.8. The zero-order chi connectivity index (χ0) is 13.0. The molecule has 0 radical (unpaired) electrons. The topological polar surface area (TPSA) is 12.0 Å². The Bertz CT molecular complexity index is 502. The minimum absolute atomic E-state index is 0.962. The Hall–Kier alpha value is -0.640. The summed E-state index contributed by atoms with van der Waals surface area (Å²) in [7, 11) is 0. The van der Waals surface area contributed by atoms with Gasteiger partial charge in [0.15, 0.2) is 0 Å². The van der Waals surface area contributed by atoms with Gasteiger partial charge in [0, 0.05) is 15.9 Å². The van der Waals surface area contributed by atoms with Crippen LogP contribution in [0.15, 0.2) is 34.1 Å². The second-order valence-corrected chi connectivity index (χ2v) is 6.38. The molecule has 0 fully saturated rings. The molecule has 0 atom stereocenters. The van der Waals surface area contributed by atoms with Gasteiger partial charge in [0.05, 0.1) is 0 Å². The Labute approximate surface area is 121 Å². The highest BCUT2D eigenvalue weighted by Gasteiger charge is 2.10. The lowest BCUT2D eigenvalue weighted by atomic mass is 10.0. The number of halogens is 1. The Morgan fingerprint density at radius 3 is 2.61 bits per heavy atom. The van der Waals surface area contributed by atoms with Crippen molar-refractivity contribution < 1.29 is 0 Å². The van der Waals surface area contributed by atoms with Crippen LogP contribution >= 0.6 is 27.3 Å². The van der Waals surface area contributed by atoms with Crippen LogP contribution in [0.1, 0.15) is 23.8 Å². The smallest absolute Gasteiger partial charge is 0.0220 e. The van der Waals surface area contributed by atoms with E-state index in [-0.39, 0.29) is 0 Å². The van der Waals surface area contributed by atoms with Crippen molar-refractivity contribution in [3.8, 4) is 11.1 Å². The van der Waals surface area contributed by atoms with Gasteiger partial charge in [-0.05, 0) is 54.1 Å². The van der Waals surface area contributed by atoms with E-state index in [1.54, 1.807) is 0 Å². The van der Waals surface area contributed by atoms with Crippen molar-refractivity contribution in [3.05, 3.63) is 44.6 Å². The van der Waals surface area contributed by atoms with Gasteiger partial charge in [-0.2, -0.15) is 0 Å². The Balaban J connectivity index is 2.25. The number of rotatable bonds is 5. The van der Waals surface area contributed by atoms with Gasteiger partial charge in [0.25, 0.3) is 0 Å². The number of hydrogen-bond acceptors (Lipinski definition) is 2. The number of aryl methyl sites for hydroxylation is 1. The Morgan fingerprint density at radius 2 is 1.94 bits per heavy atom. The molecule has 0 unspecified atom stereocenters. The summed E-state index contributed by atoms with van der Waals surface area (Å²) in [6, 6.07) is 8.58. The van der Waals surface area contributed by atoms with E-state index < -0.39 is 0 Å². The maximum absolute atomic E-state index is 3.49. The van der Waals surface area contributed by atoms with Gasteiger partial charge in [-0.15, -0.1) is 11.3 Å². The molecule has 1 heterocycles. The van der Waals surface area contributed by atoms with E-state index in [0.29, 0.717) is 0 Å². The molecule has 2 aromatic rings. The molecule has 1 aromatic heterocycles. The first-order valence-electron chi connectivity index (χ1n) is 6.26. The van der Waals surface area contributed by atoms with Crippen LogP contribution in [0.4, 0.5) is 0 Å². The van der Waals surface area contributed by atoms with Crippen LogP contribution < -0.4 is 5.32 Å². The summed E-state index contributed by atoms with van der Waals surface area (Å²) in [5, 5.41) is 5.76. The third-order valence-corrected chi connectivity index (χ3v) is 4.41. The van der Waals surface area contributed by atoms with Gasteiger partial charge in [-0.1, -0.05) is 35.0 Å². The standard InChI is InChI=1S/C15H18BrNS/c1-3-8-17-9-13-10-18-11(2)15(13)12-4-6-14(16)7-5-12/h4-7,10,17H,3,8-9H2,1-2H3. The summed E-state index contributed by atoms with van der Waals surface area (Å²) in [5.74, 6) is 0. The molecular formula is C15H18BrNS. The highest BCUT2D eigenvalue weighted by molar-refractivity contribution is 9.10. The summed E-state index contributed by atoms with van der Waals surface area (Å²) in [4.78, 5) is 1.39. The summed E-state index contributed by atoms with van der Waals surface area (Å²) < 4.78 is 1.13. The summed E-state index contributed by atoms with van der Waals surface area (Å²) in [6.07, 6.45) is 1.18. The van der Waals surface area contributed by atoms with Crippen molar-refractivity contribution in [2.24, 2.45) is 0 Å². The van der Waals surface area contributed by atoms with Crippen molar-refractivity contribution in [1.82, 2.24) is 5.32 Å². The molecule has 0 aliphatic heterocycles. The third kappa shape index (κ3) is 3.22. The van der Waals surface area contributed by atoms with Crippen LogP contribution in [0.3, 0.4) is 0 Å². The molecule has 0 amide bonds. The van der Waals surface area contributed by atoms with E-state index in [1.165, 1.54) is 28.0 Å². The molecule has 1 aromatic carbocycles. The minimum atomic E-state index is 0.962. The van der Waals surface area contributed by atoms with Gasteiger partial charge < -0.3 is 5.32 Å². The lowest BCUT2D eigenvalue weighted by Crippen LogP contribution is -2.13. The third-order valence-electron chi connectivity index (χ3n) is 2.93. The lowest BCUT2D eigenvalue weighted by Gasteiger charge is -2.07. The van der Waals surface area contributed by atoms with Gasteiger partial charge >= 0.3 is 0 Å². The molecule has 2 rings (SSSR count). The molecule has 0 bridgehead atoms. The second kappa shape index (κ2) is 6.50. The van der Waals surface area contributed by atoms with Crippen molar-refractivity contribution in [2.45, 2.75) is 26.8 Å². The van der Waals surface area contributed by atoms with Crippen LogP contribution in [0, 0.1) is 6.92 Å². The van der Waals surface area contributed by atoms with Crippen LogP contribution in [-0.4, -0.2) is 6.54 Å². The monoisotopic (exact) mass is 323 g/mol. The van der Waals surface area contributed by atoms with Gasteiger partial charge in [0.1, 0.15) is 0 Å². The van der Waals surface area contributed by atoms with Crippen molar-refractivity contribution in [2.75, 3.05) is 6.54 Å². The van der Waals surface area contributed by atoms with Crippen LogP contribution in [-0.2, 0) is 6.54 Å². The van der Waals surface area contributed by atoms with Gasteiger partial charge in [-0.25, -0.2) is 0 Å². The molecular weight excluding hydrogens is 306 g/mol. The summed E-state index contributed by atoms with van der Waals surface area (Å²) in [5.41, 5.74) is 4.12. The van der Waals surface area contributed by atoms with E-state index in [2.05, 4.69) is 64.7 Å². The van der Waals surface area contributed by atoms with Gasteiger partial charge in [-0.3, -0.25) is 0 Å². The van der Waals surface area contributed by atoms with Gasteiger partial charge in [0.2, 0.25) is 0 Å². The van der Waals surface area contributed by atoms with Crippen molar-refractivity contribution >= 4 is 27.3 Å². The molecule has 1 N–H and O–H groups in total. The summed E-state index contributed by atoms with van der Waals surface area (Å²) >= 11 is 5.32. The molecule has 1 nitrogen and oxygen atoms in total. The first-order valence-corrected chi connectivity index (χ1v) is 7.93. The van der Waals surface area contributed by atoms with E-state index in [1.807, 2.05) is 11.3 Å². The number of benzene rings is 1. The van der Waals surface area contributed by atoms with Crippen molar-refractivity contribution in [1.29, 1.82) is 0 Å². The van der Waals surface area contributed by atoms with Crippen LogP contribution in [0.5, 0.6) is 0 Å².